The fraction of sp³-hybridized carbons (Fsp3) is 0.652. The quantitative estimate of drug-likeness (QED) is 0.640. The first kappa shape index (κ1) is 23.7. The zero-order valence-corrected chi connectivity index (χ0v) is 19.4. The monoisotopic (exact) mass is 450 g/mol. The number of nitrogens with zero attached hydrogens (tertiary/aromatic N) is 1. The van der Waals surface area contributed by atoms with Crippen LogP contribution in [-0.4, -0.2) is 49.8 Å². The van der Waals surface area contributed by atoms with Gasteiger partial charge < -0.3 is 10.1 Å². The second-order valence-electron chi connectivity index (χ2n) is 8.66. The van der Waals surface area contributed by atoms with E-state index in [0.29, 0.717) is 12.8 Å². The lowest BCUT2D eigenvalue weighted by molar-refractivity contribution is -0.152. The number of carbonyl (C=O) groups excluding carboxylic acids is 2. The molecule has 0 aromatic heterocycles. The molecule has 2 saturated carbocycles. The van der Waals surface area contributed by atoms with Crippen LogP contribution in [0.25, 0.3) is 0 Å². The van der Waals surface area contributed by atoms with Crippen molar-refractivity contribution in [3.63, 3.8) is 0 Å². The maximum Gasteiger partial charge on any atom is 0.331 e. The summed E-state index contributed by atoms with van der Waals surface area (Å²) in [4.78, 5) is 25.8. The molecular weight excluding hydrogens is 416 g/mol. The third-order valence-corrected chi connectivity index (χ3v) is 8.49. The summed E-state index contributed by atoms with van der Waals surface area (Å²) in [6.45, 7) is 1.99. The first-order chi connectivity index (χ1) is 14.8. The lowest BCUT2D eigenvalue weighted by atomic mass is 9.81. The van der Waals surface area contributed by atoms with E-state index in [0.717, 1.165) is 51.4 Å². The number of sulfonamides is 1. The molecule has 8 heteroatoms. The minimum Gasteiger partial charge on any atom is -0.464 e. The molecule has 3 rings (SSSR count). The van der Waals surface area contributed by atoms with Crippen molar-refractivity contribution in [3.8, 4) is 0 Å². The lowest BCUT2D eigenvalue weighted by Gasteiger charge is -2.35. The fourth-order valence-electron chi connectivity index (χ4n) is 4.70. The van der Waals surface area contributed by atoms with E-state index >= 15 is 0 Å². The molecule has 0 unspecified atom stereocenters. The van der Waals surface area contributed by atoms with Crippen LogP contribution in [-0.2, 0) is 19.6 Å². The Balaban J connectivity index is 1.81. The van der Waals surface area contributed by atoms with Gasteiger partial charge >= 0.3 is 5.97 Å². The van der Waals surface area contributed by atoms with E-state index in [9.17, 15) is 18.0 Å². The van der Waals surface area contributed by atoms with E-state index < -0.39 is 27.4 Å². The van der Waals surface area contributed by atoms with Crippen LogP contribution in [0.4, 0.5) is 0 Å². The molecule has 0 saturated heterocycles. The summed E-state index contributed by atoms with van der Waals surface area (Å²) in [6.07, 6.45) is 8.65. The number of ether oxygens (including phenoxy) is 1. The van der Waals surface area contributed by atoms with Crippen LogP contribution in [0.5, 0.6) is 0 Å². The third kappa shape index (κ3) is 5.29. The van der Waals surface area contributed by atoms with E-state index in [-0.39, 0.29) is 23.1 Å². The van der Waals surface area contributed by atoms with Gasteiger partial charge in [0.2, 0.25) is 10.0 Å². The maximum absolute atomic E-state index is 13.2. The summed E-state index contributed by atoms with van der Waals surface area (Å²) in [5.41, 5.74) is -0.814. The first-order valence-electron chi connectivity index (χ1n) is 11.4. The smallest absolute Gasteiger partial charge is 0.331 e. The number of hydrogen-bond acceptors (Lipinski definition) is 5. The van der Waals surface area contributed by atoms with E-state index in [2.05, 4.69) is 5.32 Å². The number of benzene rings is 1. The molecule has 2 fully saturated rings. The second-order valence-corrected chi connectivity index (χ2v) is 10.7. The predicted octanol–water partition coefficient (Wildman–Crippen LogP) is 3.64. The van der Waals surface area contributed by atoms with Crippen molar-refractivity contribution < 1.29 is 22.7 Å². The van der Waals surface area contributed by atoms with Crippen LogP contribution in [0.15, 0.2) is 29.2 Å². The van der Waals surface area contributed by atoms with Crippen molar-refractivity contribution in [2.45, 2.75) is 87.6 Å². The minimum atomic E-state index is -3.71. The van der Waals surface area contributed by atoms with Crippen molar-refractivity contribution in [2.75, 3.05) is 13.7 Å². The Kier molecular flexibility index (Phi) is 7.75. The standard InChI is InChI=1S/C23H34N2O5S/c1-3-30-22(27)23(15-8-5-9-16-23)24-21(26)18-11-10-14-20(17-18)31(28,29)25(2)19-12-6-4-7-13-19/h10-11,14,17,19H,3-9,12-13,15-16H2,1-2H3,(H,24,26). The number of amides is 1. The Hall–Kier alpha value is -1.93. The lowest BCUT2D eigenvalue weighted by Crippen LogP contribution is -2.56. The molecule has 0 atom stereocenters. The highest BCUT2D eigenvalue weighted by atomic mass is 32.2. The van der Waals surface area contributed by atoms with E-state index in [1.807, 2.05) is 0 Å². The van der Waals surface area contributed by atoms with Gasteiger partial charge in [0.05, 0.1) is 11.5 Å². The Bertz CT molecular complexity index is 887. The molecule has 0 radical (unpaired) electrons. The highest BCUT2D eigenvalue weighted by Crippen LogP contribution is 2.31. The van der Waals surface area contributed by atoms with Crippen molar-refractivity contribution >= 4 is 21.9 Å². The molecule has 1 amide bonds. The van der Waals surface area contributed by atoms with Gasteiger partial charge in [-0.2, -0.15) is 4.31 Å². The summed E-state index contributed by atoms with van der Waals surface area (Å²) in [5, 5.41) is 2.88. The van der Waals surface area contributed by atoms with Gasteiger partial charge in [-0.05, 0) is 50.8 Å². The van der Waals surface area contributed by atoms with Gasteiger partial charge in [0.1, 0.15) is 5.54 Å². The van der Waals surface area contributed by atoms with Crippen LogP contribution in [0, 0.1) is 0 Å². The number of hydrogen-bond donors (Lipinski definition) is 1. The topological polar surface area (TPSA) is 92.8 Å². The summed E-state index contributed by atoms with van der Waals surface area (Å²) in [6, 6.07) is 6.08. The largest absolute Gasteiger partial charge is 0.464 e. The predicted molar refractivity (Wildman–Crippen MR) is 118 cm³/mol. The summed E-state index contributed by atoms with van der Waals surface area (Å²) in [5.74, 6) is -0.865. The number of nitrogens with one attached hydrogen (secondary N) is 1. The number of rotatable bonds is 7. The van der Waals surface area contributed by atoms with Crippen LogP contribution in [0.1, 0.15) is 81.5 Å². The summed E-state index contributed by atoms with van der Waals surface area (Å²) in [7, 11) is -2.09. The molecule has 2 aliphatic rings. The van der Waals surface area contributed by atoms with Gasteiger partial charge in [-0.25, -0.2) is 13.2 Å². The molecule has 1 aromatic rings. The third-order valence-electron chi connectivity index (χ3n) is 6.59. The van der Waals surface area contributed by atoms with Gasteiger partial charge in [0.15, 0.2) is 0 Å². The SMILES string of the molecule is CCOC(=O)C1(NC(=O)c2cccc(S(=O)(=O)N(C)C3CCCCC3)c2)CCCCC1. The Morgan fingerprint density at radius 2 is 1.74 bits per heavy atom. The molecule has 0 heterocycles. The van der Waals surface area contributed by atoms with Crippen molar-refractivity contribution in [1.82, 2.24) is 9.62 Å². The van der Waals surface area contributed by atoms with E-state index in [1.54, 1.807) is 26.1 Å². The summed E-state index contributed by atoms with van der Waals surface area (Å²) >= 11 is 0. The molecule has 1 N–H and O–H groups in total. The molecule has 0 bridgehead atoms. The highest BCUT2D eigenvalue weighted by molar-refractivity contribution is 7.89. The molecule has 172 valence electrons. The van der Waals surface area contributed by atoms with Gasteiger partial charge in [-0.3, -0.25) is 4.79 Å². The Morgan fingerprint density at radius 3 is 2.39 bits per heavy atom. The van der Waals surface area contributed by atoms with Gasteiger partial charge in [-0.15, -0.1) is 0 Å². The molecule has 0 aliphatic heterocycles. The molecule has 31 heavy (non-hydrogen) atoms. The van der Waals surface area contributed by atoms with Crippen LogP contribution in [0.2, 0.25) is 0 Å². The normalized spacial score (nSPS) is 19.7. The number of carbonyl (C=O) groups is 2. The molecule has 2 aliphatic carbocycles. The second kappa shape index (κ2) is 10.1. The van der Waals surface area contributed by atoms with Crippen LogP contribution in [0.3, 0.4) is 0 Å². The van der Waals surface area contributed by atoms with E-state index in [4.69, 9.17) is 4.74 Å². The molecular formula is C23H34N2O5S. The Labute approximate surface area is 185 Å². The van der Waals surface area contributed by atoms with Gasteiger partial charge in [-0.1, -0.05) is 44.6 Å². The van der Waals surface area contributed by atoms with Crippen molar-refractivity contribution in [1.29, 1.82) is 0 Å². The fourth-order valence-corrected chi connectivity index (χ4v) is 6.16. The van der Waals surface area contributed by atoms with Gasteiger partial charge in [0, 0.05) is 18.7 Å². The molecule has 0 spiro atoms. The maximum atomic E-state index is 13.2. The van der Waals surface area contributed by atoms with Crippen molar-refractivity contribution in [2.24, 2.45) is 0 Å². The molecule has 7 nitrogen and oxygen atoms in total. The summed E-state index contributed by atoms with van der Waals surface area (Å²) < 4.78 is 33.0. The van der Waals surface area contributed by atoms with E-state index in [1.165, 1.54) is 16.4 Å². The molecule has 1 aromatic carbocycles. The Morgan fingerprint density at radius 1 is 1.10 bits per heavy atom. The number of esters is 1. The van der Waals surface area contributed by atoms with Gasteiger partial charge in [0.25, 0.3) is 5.91 Å². The van der Waals surface area contributed by atoms with Crippen LogP contribution < -0.4 is 5.32 Å². The highest BCUT2D eigenvalue weighted by Gasteiger charge is 2.42. The average molecular weight is 451 g/mol. The van der Waals surface area contributed by atoms with Crippen molar-refractivity contribution in [3.05, 3.63) is 29.8 Å². The van der Waals surface area contributed by atoms with Crippen LogP contribution >= 0.6 is 0 Å². The minimum absolute atomic E-state index is 0.00875. The zero-order valence-electron chi connectivity index (χ0n) is 18.6. The first-order valence-corrected chi connectivity index (χ1v) is 12.8. The zero-order chi connectivity index (χ0) is 22.5. The average Bonchev–Trinajstić information content (AvgIpc) is 2.80.